The summed E-state index contributed by atoms with van der Waals surface area (Å²) >= 11 is 0. The maximum Gasteiger partial charge on any atom is 0.126 e. The summed E-state index contributed by atoms with van der Waals surface area (Å²) in [5.74, 6) is 0. The maximum absolute atomic E-state index is 9.83. The predicted octanol–water partition coefficient (Wildman–Crippen LogP) is 1.40. The number of likely N-dealkylation sites (tertiary alicyclic amines) is 1. The molecule has 1 aliphatic rings. The Hall–Kier alpha value is -0.120. The van der Waals surface area contributed by atoms with Gasteiger partial charge in [-0.1, -0.05) is 13.3 Å². The van der Waals surface area contributed by atoms with Gasteiger partial charge in [-0.25, -0.2) is 0 Å². The SMILES string of the molecule is CCCCOCC(O)C[N+]1(C)CCCC1. The lowest BCUT2D eigenvalue weighted by Gasteiger charge is -2.31. The smallest absolute Gasteiger partial charge is 0.126 e. The summed E-state index contributed by atoms with van der Waals surface area (Å²) in [6.45, 7) is 6.73. The Morgan fingerprint density at radius 2 is 2.00 bits per heavy atom. The Labute approximate surface area is 93.6 Å². The van der Waals surface area contributed by atoms with E-state index in [0.29, 0.717) is 6.61 Å². The van der Waals surface area contributed by atoms with Gasteiger partial charge in [0.2, 0.25) is 0 Å². The van der Waals surface area contributed by atoms with Crippen LogP contribution < -0.4 is 0 Å². The number of ether oxygens (including phenoxy) is 1. The van der Waals surface area contributed by atoms with Crippen LogP contribution in [0.4, 0.5) is 0 Å². The fourth-order valence-corrected chi connectivity index (χ4v) is 2.31. The lowest BCUT2D eigenvalue weighted by atomic mass is 10.3. The van der Waals surface area contributed by atoms with Crippen molar-refractivity contribution < 1.29 is 14.3 Å². The highest BCUT2D eigenvalue weighted by Crippen LogP contribution is 2.16. The first-order chi connectivity index (χ1) is 7.16. The van der Waals surface area contributed by atoms with E-state index in [1.165, 1.54) is 25.9 Å². The number of nitrogens with zero attached hydrogens (tertiary/aromatic N) is 1. The summed E-state index contributed by atoms with van der Waals surface area (Å²) in [7, 11) is 2.24. The Kier molecular flexibility index (Phi) is 5.58. The number of hydrogen-bond acceptors (Lipinski definition) is 2. The minimum atomic E-state index is -0.287. The van der Waals surface area contributed by atoms with E-state index in [2.05, 4.69) is 14.0 Å². The molecule has 1 atom stereocenters. The minimum absolute atomic E-state index is 0.287. The summed E-state index contributed by atoms with van der Waals surface area (Å²) in [5, 5.41) is 9.83. The third kappa shape index (κ3) is 4.96. The second-order valence-corrected chi connectivity index (χ2v) is 5.04. The van der Waals surface area contributed by atoms with Crippen molar-refractivity contribution in [2.45, 2.75) is 38.7 Å². The van der Waals surface area contributed by atoms with Gasteiger partial charge in [-0.2, -0.15) is 0 Å². The van der Waals surface area contributed by atoms with Crippen molar-refractivity contribution in [3.8, 4) is 0 Å². The van der Waals surface area contributed by atoms with Gasteiger partial charge in [0, 0.05) is 19.4 Å². The molecular weight excluding hydrogens is 190 g/mol. The number of rotatable bonds is 7. The number of quaternary nitrogens is 1. The molecule has 1 unspecified atom stereocenters. The van der Waals surface area contributed by atoms with E-state index in [4.69, 9.17) is 4.74 Å². The summed E-state index contributed by atoms with van der Waals surface area (Å²) in [4.78, 5) is 0. The zero-order valence-electron chi connectivity index (χ0n) is 10.2. The van der Waals surface area contributed by atoms with Crippen LogP contribution in [0.2, 0.25) is 0 Å². The Bertz CT molecular complexity index is 167. The predicted molar refractivity (Wildman–Crippen MR) is 61.8 cm³/mol. The van der Waals surface area contributed by atoms with E-state index < -0.39 is 0 Å². The Morgan fingerprint density at radius 1 is 1.33 bits per heavy atom. The van der Waals surface area contributed by atoms with E-state index in [1.807, 2.05) is 0 Å². The topological polar surface area (TPSA) is 29.5 Å². The van der Waals surface area contributed by atoms with Crippen LogP contribution in [-0.4, -0.2) is 55.6 Å². The van der Waals surface area contributed by atoms with E-state index in [0.717, 1.165) is 30.5 Å². The highest BCUT2D eigenvalue weighted by Gasteiger charge is 2.29. The monoisotopic (exact) mass is 216 g/mol. The van der Waals surface area contributed by atoms with Crippen LogP contribution in [0.25, 0.3) is 0 Å². The number of aliphatic hydroxyl groups is 1. The third-order valence-corrected chi connectivity index (χ3v) is 3.25. The highest BCUT2D eigenvalue weighted by molar-refractivity contribution is 4.58. The van der Waals surface area contributed by atoms with Crippen LogP contribution in [-0.2, 0) is 4.74 Å². The van der Waals surface area contributed by atoms with Crippen LogP contribution in [0, 0.1) is 0 Å². The molecule has 1 heterocycles. The van der Waals surface area contributed by atoms with E-state index in [9.17, 15) is 5.11 Å². The van der Waals surface area contributed by atoms with Gasteiger partial charge in [-0.15, -0.1) is 0 Å². The van der Waals surface area contributed by atoms with Crippen molar-refractivity contribution in [3.63, 3.8) is 0 Å². The quantitative estimate of drug-likeness (QED) is 0.515. The fraction of sp³-hybridized carbons (Fsp3) is 1.00. The number of hydrogen-bond donors (Lipinski definition) is 1. The van der Waals surface area contributed by atoms with Gasteiger partial charge in [-0.3, -0.25) is 0 Å². The molecule has 1 rings (SSSR count). The van der Waals surface area contributed by atoms with Crippen molar-refractivity contribution >= 4 is 0 Å². The molecule has 3 nitrogen and oxygen atoms in total. The average molecular weight is 216 g/mol. The van der Waals surface area contributed by atoms with Crippen molar-refractivity contribution in [2.75, 3.05) is 39.9 Å². The highest BCUT2D eigenvalue weighted by atomic mass is 16.5. The molecule has 15 heavy (non-hydrogen) atoms. The minimum Gasteiger partial charge on any atom is -0.385 e. The van der Waals surface area contributed by atoms with Gasteiger partial charge in [0.15, 0.2) is 0 Å². The van der Waals surface area contributed by atoms with Crippen LogP contribution >= 0.6 is 0 Å². The van der Waals surface area contributed by atoms with Crippen LogP contribution in [0.3, 0.4) is 0 Å². The van der Waals surface area contributed by atoms with Crippen LogP contribution in [0.1, 0.15) is 32.6 Å². The Balaban J connectivity index is 2.09. The van der Waals surface area contributed by atoms with Gasteiger partial charge in [-0.05, 0) is 6.42 Å². The van der Waals surface area contributed by atoms with E-state index in [1.54, 1.807) is 0 Å². The molecule has 0 radical (unpaired) electrons. The molecule has 1 fully saturated rings. The largest absolute Gasteiger partial charge is 0.385 e. The van der Waals surface area contributed by atoms with Crippen molar-refractivity contribution in [1.29, 1.82) is 0 Å². The fourth-order valence-electron chi connectivity index (χ4n) is 2.31. The molecule has 3 heteroatoms. The van der Waals surface area contributed by atoms with Gasteiger partial charge < -0.3 is 14.3 Å². The zero-order valence-corrected chi connectivity index (χ0v) is 10.2. The molecule has 1 aliphatic heterocycles. The molecule has 1 saturated heterocycles. The summed E-state index contributed by atoms with van der Waals surface area (Å²) in [6, 6.07) is 0. The van der Waals surface area contributed by atoms with Crippen molar-refractivity contribution in [1.82, 2.24) is 0 Å². The van der Waals surface area contributed by atoms with Gasteiger partial charge in [0.1, 0.15) is 12.6 Å². The summed E-state index contributed by atoms with van der Waals surface area (Å²) in [6.07, 6.45) is 4.58. The lowest BCUT2D eigenvalue weighted by Crippen LogP contribution is -2.47. The van der Waals surface area contributed by atoms with Gasteiger partial charge >= 0.3 is 0 Å². The number of aliphatic hydroxyl groups excluding tert-OH is 1. The summed E-state index contributed by atoms with van der Waals surface area (Å²) in [5.41, 5.74) is 0. The molecule has 0 saturated carbocycles. The van der Waals surface area contributed by atoms with Crippen LogP contribution in [0.5, 0.6) is 0 Å². The molecule has 90 valence electrons. The molecular formula is C12H26NO2+. The second-order valence-electron chi connectivity index (χ2n) is 5.04. The molecule has 0 amide bonds. The first kappa shape index (κ1) is 12.9. The molecule has 0 aromatic heterocycles. The lowest BCUT2D eigenvalue weighted by molar-refractivity contribution is -0.900. The third-order valence-electron chi connectivity index (χ3n) is 3.25. The van der Waals surface area contributed by atoms with Crippen LogP contribution in [0.15, 0.2) is 0 Å². The first-order valence-corrected chi connectivity index (χ1v) is 6.26. The van der Waals surface area contributed by atoms with Gasteiger partial charge in [0.05, 0.1) is 26.7 Å². The van der Waals surface area contributed by atoms with Crippen molar-refractivity contribution in [3.05, 3.63) is 0 Å². The maximum atomic E-state index is 9.83. The average Bonchev–Trinajstić information content (AvgIpc) is 2.59. The molecule has 0 aromatic carbocycles. The molecule has 0 bridgehead atoms. The molecule has 0 aromatic rings. The number of unbranched alkanes of at least 4 members (excludes halogenated alkanes) is 1. The van der Waals surface area contributed by atoms with Crippen molar-refractivity contribution in [2.24, 2.45) is 0 Å². The zero-order chi connectivity index (χ0) is 11.1. The second kappa shape index (κ2) is 6.46. The molecule has 0 spiro atoms. The number of likely N-dealkylation sites (N-methyl/N-ethyl adjacent to an activating group) is 1. The molecule has 0 aliphatic carbocycles. The normalized spacial score (nSPS) is 21.8. The van der Waals surface area contributed by atoms with E-state index in [-0.39, 0.29) is 6.10 Å². The first-order valence-electron chi connectivity index (χ1n) is 6.26. The van der Waals surface area contributed by atoms with E-state index >= 15 is 0 Å². The van der Waals surface area contributed by atoms with Gasteiger partial charge in [0.25, 0.3) is 0 Å². The summed E-state index contributed by atoms with van der Waals surface area (Å²) < 4.78 is 6.46. The Morgan fingerprint density at radius 3 is 2.60 bits per heavy atom. The molecule has 1 N–H and O–H groups in total. The standard InChI is InChI=1S/C12H26NO2/c1-3-4-9-15-11-12(14)10-13(2)7-5-6-8-13/h12,14H,3-11H2,1-2H3/q+1.